The van der Waals surface area contributed by atoms with E-state index < -0.39 is 17.6 Å². The molecule has 2 N–H and O–H groups in total. The summed E-state index contributed by atoms with van der Waals surface area (Å²) in [6.45, 7) is 0. The van der Waals surface area contributed by atoms with Crippen LogP contribution in [0.5, 0.6) is 0 Å². The van der Waals surface area contributed by atoms with Gasteiger partial charge >= 0.3 is 0 Å². The van der Waals surface area contributed by atoms with Crippen LogP contribution in [-0.2, 0) is 0 Å². The van der Waals surface area contributed by atoms with E-state index in [1.165, 1.54) is 24.3 Å². The number of carbonyl (C=O) groups excluding carboxylic acids is 2. The first-order valence-electron chi connectivity index (χ1n) is 6.61. The Balaban J connectivity index is 1.94. The van der Waals surface area contributed by atoms with Crippen LogP contribution in [0.2, 0.25) is 0 Å². The van der Waals surface area contributed by atoms with E-state index in [0.717, 1.165) is 5.69 Å². The first kappa shape index (κ1) is 15.5. The van der Waals surface area contributed by atoms with Crippen molar-refractivity contribution in [3.63, 3.8) is 0 Å². The van der Waals surface area contributed by atoms with Gasteiger partial charge in [0.15, 0.2) is 0 Å². The molecule has 0 aliphatic carbocycles. The molecule has 22 heavy (non-hydrogen) atoms. The van der Waals surface area contributed by atoms with Crippen molar-refractivity contribution in [3.8, 4) is 0 Å². The highest BCUT2D eigenvalue weighted by Gasteiger charge is 2.09. The minimum atomic E-state index is -0.515. The summed E-state index contributed by atoms with van der Waals surface area (Å²) < 4.78 is 12.8. The summed E-state index contributed by atoms with van der Waals surface area (Å²) in [5.74, 6) is -1.37. The van der Waals surface area contributed by atoms with Crippen LogP contribution in [0.15, 0.2) is 48.5 Å². The molecule has 0 radical (unpaired) electrons. The van der Waals surface area contributed by atoms with Gasteiger partial charge in [0, 0.05) is 30.9 Å². The Morgan fingerprint density at radius 1 is 0.818 bits per heavy atom. The molecule has 0 bridgehead atoms. The fourth-order valence-electron chi connectivity index (χ4n) is 1.77. The number of halogens is 1. The first-order valence-corrected chi connectivity index (χ1v) is 6.61. The molecule has 5 nitrogen and oxygen atoms in total. The quantitative estimate of drug-likeness (QED) is 0.852. The highest BCUT2D eigenvalue weighted by atomic mass is 19.1. The van der Waals surface area contributed by atoms with Crippen LogP contribution in [0.1, 0.15) is 20.7 Å². The predicted octanol–water partition coefficient (Wildman–Crippen LogP) is 1.97. The van der Waals surface area contributed by atoms with Gasteiger partial charge in [0.25, 0.3) is 11.8 Å². The Hall–Kier alpha value is -2.89. The second-order valence-electron chi connectivity index (χ2n) is 4.86. The van der Waals surface area contributed by atoms with Crippen molar-refractivity contribution in [2.75, 3.05) is 19.0 Å². The van der Waals surface area contributed by atoms with Gasteiger partial charge in [0.05, 0.1) is 0 Å². The van der Waals surface area contributed by atoms with Crippen molar-refractivity contribution >= 4 is 17.5 Å². The lowest BCUT2D eigenvalue weighted by Gasteiger charge is -2.12. The van der Waals surface area contributed by atoms with Crippen LogP contribution in [0.25, 0.3) is 0 Å². The van der Waals surface area contributed by atoms with Gasteiger partial charge in [-0.05, 0) is 48.5 Å². The lowest BCUT2D eigenvalue weighted by molar-refractivity contribution is 0.0846. The van der Waals surface area contributed by atoms with E-state index in [4.69, 9.17) is 0 Å². The fourth-order valence-corrected chi connectivity index (χ4v) is 1.77. The van der Waals surface area contributed by atoms with Crippen molar-refractivity contribution in [1.29, 1.82) is 0 Å². The number of anilines is 1. The Morgan fingerprint density at radius 3 is 1.64 bits per heavy atom. The average molecular weight is 301 g/mol. The van der Waals surface area contributed by atoms with E-state index in [9.17, 15) is 14.0 Å². The molecule has 0 aliphatic rings. The zero-order chi connectivity index (χ0) is 16.1. The van der Waals surface area contributed by atoms with Gasteiger partial charge in [0.1, 0.15) is 5.82 Å². The molecule has 0 heterocycles. The third kappa shape index (κ3) is 3.82. The Kier molecular flexibility index (Phi) is 4.73. The standard InChI is InChI=1S/C16H16FN3O2/c1-20(2)14-9-5-12(6-10-14)16(22)19-18-15(21)11-3-7-13(17)8-4-11/h3-10H,1-2H3,(H,18,21)(H,19,22). The molecule has 6 heteroatoms. The van der Waals surface area contributed by atoms with E-state index >= 15 is 0 Å². The summed E-state index contributed by atoms with van der Waals surface area (Å²) >= 11 is 0. The number of nitrogens with one attached hydrogen (secondary N) is 2. The molecule has 0 saturated carbocycles. The van der Waals surface area contributed by atoms with E-state index in [-0.39, 0.29) is 5.56 Å². The summed E-state index contributed by atoms with van der Waals surface area (Å²) in [5.41, 5.74) is 6.24. The van der Waals surface area contributed by atoms with Crippen LogP contribution in [0.4, 0.5) is 10.1 Å². The number of carbonyl (C=O) groups is 2. The highest BCUT2D eigenvalue weighted by Crippen LogP contribution is 2.11. The molecule has 114 valence electrons. The van der Waals surface area contributed by atoms with Crippen molar-refractivity contribution in [2.24, 2.45) is 0 Å². The number of hydrazine groups is 1. The summed E-state index contributed by atoms with van der Waals surface area (Å²) in [7, 11) is 3.80. The number of hydrogen-bond acceptors (Lipinski definition) is 3. The van der Waals surface area contributed by atoms with Crippen molar-refractivity contribution in [2.45, 2.75) is 0 Å². The SMILES string of the molecule is CN(C)c1ccc(C(=O)NNC(=O)c2ccc(F)cc2)cc1. The van der Waals surface area contributed by atoms with Crippen LogP contribution < -0.4 is 15.8 Å². The summed E-state index contributed by atoms with van der Waals surface area (Å²) in [6.07, 6.45) is 0. The summed E-state index contributed by atoms with van der Waals surface area (Å²) in [4.78, 5) is 25.6. The first-order chi connectivity index (χ1) is 10.5. The molecule has 0 unspecified atom stereocenters. The molecule has 2 rings (SSSR count). The van der Waals surface area contributed by atoms with E-state index in [0.29, 0.717) is 5.56 Å². The van der Waals surface area contributed by atoms with E-state index in [1.807, 2.05) is 19.0 Å². The molecule has 0 aromatic heterocycles. The third-order valence-electron chi connectivity index (χ3n) is 3.04. The molecule has 0 aliphatic heterocycles. The molecule has 0 spiro atoms. The molecular formula is C16H16FN3O2. The normalized spacial score (nSPS) is 9.95. The second kappa shape index (κ2) is 6.71. The number of benzene rings is 2. The molecule has 0 atom stereocenters. The minimum absolute atomic E-state index is 0.254. The predicted molar refractivity (Wildman–Crippen MR) is 82.1 cm³/mol. The highest BCUT2D eigenvalue weighted by molar-refractivity contribution is 5.99. The lowest BCUT2D eigenvalue weighted by atomic mass is 10.2. The smallest absolute Gasteiger partial charge is 0.269 e. The molecular weight excluding hydrogens is 285 g/mol. The van der Waals surface area contributed by atoms with Gasteiger partial charge in [-0.2, -0.15) is 0 Å². The van der Waals surface area contributed by atoms with E-state index in [2.05, 4.69) is 10.9 Å². The fraction of sp³-hybridized carbons (Fsp3) is 0.125. The number of amides is 2. The largest absolute Gasteiger partial charge is 0.378 e. The molecule has 0 saturated heterocycles. The third-order valence-corrected chi connectivity index (χ3v) is 3.04. The van der Waals surface area contributed by atoms with Crippen LogP contribution in [0.3, 0.4) is 0 Å². The summed E-state index contributed by atoms with van der Waals surface area (Å²) in [5, 5.41) is 0. The monoisotopic (exact) mass is 301 g/mol. The van der Waals surface area contributed by atoms with Gasteiger partial charge in [-0.1, -0.05) is 0 Å². The van der Waals surface area contributed by atoms with Gasteiger partial charge in [-0.15, -0.1) is 0 Å². The molecule has 2 aromatic rings. The van der Waals surface area contributed by atoms with Crippen molar-refractivity contribution in [1.82, 2.24) is 10.9 Å². The molecule has 0 fully saturated rings. The lowest BCUT2D eigenvalue weighted by Crippen LogP contribution is -2.41. The van der Waals surface area contributed by atoms with Crippen molar-refractivity contribution < 1.29 is 14.0 Å². The second-order valence-corrected chi connectivity index (χ2v) is 4.86. The maximum absolute atomic E-state index is 12.8. The zero-order valence-electron chi connectivity index (χ0n) is 12.3. The van der Waals surface area contributed by atoms with Crippen LogP contribution >= 0.6 is 0 Å². The topological polar surface area (TPSA) is 61.4 Å². The minimum Gasteiger partial charge on any atom is -0.378 e. The Labute approximate surface area is 127 Å². The van der Waals surface area contributed by atoms with Gasteiger partial charge in [-0.3, -0.25) is 20.4 Å². The number of rotatable bonds is 3. The maximum Gasteiger partial charge on any atom is 0.269 e. The van der Waals surface area contributed by atoms with Gasteiger partial charge in [0.2, 0.25) is 0 Å². The van der Waals surface area contributed by atoms with E-state index in [1.54, 1.807) is 24.3 Å². The number of nitrogens with zero attached hydrogens (tertiary/aromatic N) is 1. The maximum atomic E-state index is 12.8. The van der Waals surface area contributed by atoms with Crippen LogP contribution in [0, 0.1) is 5.82 Å². The summed E-state index contributed by atoms with van der Waals surface area (Å²) in [6, 6.07) is 12.0. The van der Waals surface area contributed by atoms with Gasteiger partial charge in [-0.25, -0.2) is 4.39 Å². The average Bonchev–Trinajstić information content (AvgIpc) is 2.53. The zero-order valence-corrected chi connectivity index (χ0v) is 12.3. The van der Waals surface area contributed by atoms with Gasteiger partial charge < -0.3 is 4.90 Å². The Morgan fingerprint density at radius 2 is 1.23 bits per heavy atom. The van der Waals surface area contributed by atoms with Crippen LogP contribution in [-0.4, -0.2) is 25.9 Å². The molecule has 2 amide bonds. The van der Waals surface area contributed by atoms with Crippen molar-refractivity contribution in [3.05, 3.63) is 65.5 Å². The number of hydrogen-bond donors (Lipinski definition) is 2. The Bertz CT molecular complexity index is 667. The molecule has 2 aromatic carbocycles.